The topological polar surface area (TPSA) is 20.3 Å². The zero-order valence-corrected chi connectivity index (χ0v) is 12.8. The molecule has 0 aliphatic carbocycles. The zero-order chi connectivity index (χ0) is 14.0. The Morgan fingerprint density at radius 3 is 2.74 bits per heavy atom. The standard InChI is InChI=1S/C15H19Cl2NO/c1-10-4-3-7-18(11(10)2)9-15(19)12-5-6-13(16)14(17)8-12/h5-6,8,10-11H,3-4,7,9H2,1-2H3. The molecule has 4 heteroatoms. The maximum absolute atomic E-state index is 12.3. The van der Waals surface area contributed by atoms with Crippen molar-refractivity contribution in [3.05, 3.63) is 33.8 Å². The molecule has 2 atom stereocenters. The monoisotopic (exact) mass is 299 g/mol. The Hall–Kier alpha value is -0.570. The van der Waals surface area contributed by atoms with Crippen LogP contribution in [0.25, 0.3) is 0 Å². The summed E-state index contributed by atoms with van der Waals surface area (Å²) in [5.74, 6) is 0.759. The summed E-state index contributed by atoms with van der Waals surface area (Å²) in [6.45, 7) is 5.91. The Kier molecular flexibility index (Phi) is 4.88. The van der Waals surface area contributed by atoms with Crippen LogP contribution in [0.1, 0.15) is 37.0 Å². The highest BCUT2D eigenvalue weighted by molar-refractivity contribution is 6.42. The van der Waals surface area contributed by atoms with Crippen LogP contribution in [0.15, 0.2) is 18.2 Å². The van der Waals surface area contributed by atoms with Crippen molar-refractivity contribution in [2.75, 3.05) is 13.1 Å². The summed E-state index contributed by atoms with van der Waals surface area (Å²) in [5.41, 5.74) is 0.639. The number of rotatable bonds is 3. The number of hydrogen-bond acceptors (Lipinski definition) is 2. The number of piperidine rings is 1. The highest BCUT2D eigenvalue weighted by atomic mass is 35.5. The second-order valence-corrected chi connectivity index (χ2v) is 6.20. The first kappa shape index (κ1) is 14.8. The van der Waals surface area contributed by atoms with Crippen LogP contribution < -0.4 is 0 Å². The Balaban J connectivity index is 2.06. The van der Waals surface area contributed by atoms with Crippen molar-refractivity contribution < 1.29 is 4.79 Å². The van der Waals surface area contributed by atoms with Crippen LogP contribution in [0.3, 0.4) is 0 Å². The van der Waals surface area contributed by atoms with Crippen LogP contribution in [0, 0.1) is 5.92 Å². The number of nitrogens with zero attached hydrogens (tertiary/aromatic N) is 1. The van der Waals surface area contributed by atoms with E-state index >= 15 is 0 Å². The van der Waals surface area contributed by atoms with Gasteiger partial charge in [-0.1, -0.05) is 30.1 Å². The van der Waals surface area contributed by atoms with Crippen LogP contribution in [-0.2, 0) is 0 Å². The van der Waals surface area contributed by atoms with Crippen molar-refractivity contribution in [2.24, 2.45) is 5.92 Å². The molecule has 2 rings (SSSR count). The molecular formula is C15H19Cl2NO. The van der Waals surface area contributed by atoms with Gasteiger partial charge in [0.05, 0.1) is 16.6 Å². The zero-order valence-electron chi connectivity index (χ0n) is 11.3. The van der Waals surface area contributed by atoms with Gasteiger partial charge in [-0.25, -0.2) is 0 Å². The van der Waals surface area contributed by atoms with Crippen molar-refractivity contribution in [3.63, 3.8) is 0 Å². The number of carbonyl (C=O) groups is 1. The van der Waals surface area contributed by atoms with Crippen molar-refractivity contribution >= 4 is 29.0 Å². The predicted molar refractivity (Wildman–Crippen MR) is 80.2 cm³/mol. The number of benzene rings is 1. The smallest absolute Gasteiger partial charge is 0.176 e. The maximum atomic E-state index is 12.3. The fourth-order valence-electron chi connectivity index (χ4n) is 2.59. The third kappa shape index (κ3) is 3.50. The third-order valence-corrected chi connectivity index (χ3v) is 4.83. The lowest BCUT2D eigenvalue weighted by atomic mass is 9.91. The van der Waals surface area contributed by atoms with E-state index in [1.54, 1.807) is 18.2 Å². The van der Waals surface area contributed by atoms with E-state index in [-0.39, 0.29) is 5.78 Å². The Bertz CT molecular complexity index is 475. The van der Waals surface area contributed by atoms with Crippen molar-refractivity contribution in [1.29, 1.82) is 0 Å². The first-order valence-corrected chi connectivity index (χ1v) is 7.47. The van der Waals surface area contributed by atoms with E-state index < -0.39 is 0 Å². The van der Waals surface area contributed by atoms with Gasteiger partial charge >= 0.3 is 0 Å². The summed E-state index contributed by atoms with van der Waals surface area (Å²) in [7, 11) is 0. The Morgan fingerprint density at radius 2 is 2.05 bits per heavy atom. The van der Waals surface area contributed by atoms with Gasteiger partial charge in [0.1, 0.15) is 0 Å². The van der Waals surface area contributed by atoms with Crippen LogP contribution in [0.2, 0.25) is 10.0 Å². The molecule has 2 nitrogen and oxygen atoms in total. The predicted octanol–water partition coefficient (Wildman–Crippen LogP) is 4.30. The van der Waals surface area contributed by atoms with Crippen molar-refractivity contribution in [3.8, 4) is 0 Å². The molecule has 0 saturated carbocycles. The molecule has 104 valence electrons. The minimum absolute atomic E-state index is 0.111. The van der Waals surface area contributed by atoms with Crippen LogP contribution >= 0.6 is 23.2 Å². The van der Waals surface area contributed by atoms with Crippen molar-refractivity contribution in [1.82, 2.24) is 4.90 Å². The molecule has 0 amide bonds. The normalized spacial score (nSPS) is 24.4. The molecule has 19 heavy (non-hydrogen) atoms. The van der Waals surface area contributed by atoms with Crippen LogP contribution in [-0.4, -0.2) is 29.8 Å². The average molecular weight is 300 g/mol. The van der Waals surface area contributed by atoms with Gasteiger partial charge < -0.3 is 0 Å². The van der Waals surface area contributed by atoms with E-state index in [0.29, 0.717) is 34.1 Å². The number of likely N-dealkylation sites (tertiary alicyclic amines) is 1. The molecule has 0 radical (unpaired) electrons. The molecule has 0 spiro atoms. The average Bonchev–Trinajstić information content (AvgIpc) is 2.38. The van der Waals surface area contributed by atoms with Gasteiger partial charge in [0.15, 0.2) is 5.78 Å². The second kappa shape index (κ2) is 6.25. The fourth-order valence-corrected chi connectivity index (χ4v) is 2.89. The molecule has 2 unspecified atom stereocenters. The van der Waals surface area contributed by atoms with E-state index in [0.717, 1.165) is 6.54 Å². The molecular weight excluding hydrogens is 281 g/mol. The second-order valence-electron chi connectivity index (χ2n) is 5.38. The maximum Gasteiger partial charge on any atom is 0.176 e. The summed E-state index contributed by atoms with van der Waals surface area (Å²) in [6, 6.07) is 5.54. The SMILES string of the molecule is CC1CCCN(CC(=O)c2ccc(Cl)c(Cl)c2)C1C. The first-order valence-electron chi connectivity index (χ1n) is 6.71. The number of ketones is 1. The molecule has 1 heterocycles. The number of hydrogen-bond donors (Lipinski definition) is 0. The molecule has 1 aromatic carbocycles. The highest BCUT2D eigenvalue weighted by Gasteiger charge is 2.26. The molecule has 0 bridgehead atoms. The quantitative estimate of drug-likeness (QED) is 0.776. The lowest BCUT2D eigenvalue weighted by molar-refractivity contribution is 0.0779. The van der Waals surface area contributed by atoms with E-state index in [1.807, 2.05) is 0 Å². The third-order valence-electron chi connectivity index (χ3n) is 4.09. The fraction of sp³-hybridized carbons (Fsp3) is 0.533. The highest BCUT2D eigenvalue weighted by Crippen LogP contribution is 2.25. The summed E-state index contributed by atoms with van der Waals surface area (Å²) in [6.07, 6.45) is 2.42. The van der Waals surface area contributed by atoms with Gasteiger partial charge in [-0.2, -0.15) is 0 Å². The molecule has 0 aromatic heterocycles. The van der Waals surface area contributed by atoms with E-state index in [1.165, 1.54) is 12.8 Å². The van der Waals surface area contributed by atoms with Crippen molar-refractivity contribution in [2.45, 2.75) is 32.7 Å². The number of halogens is 2. The summed E-state index contributed by atoms with van der Waals surface area (Å²) in [5, 5.41) is 0.922. The minimum atomic E-state index is 0.111. The molecule has 1 aliphatic heterocycles. The largest absolute Gasteiger partial charge is 0.293 e. The summed E-state index contributed by atoms with van der Waals surface area (Å²) < 4.78 is 0. The molecule has 0 N–H and O–H groups in total. The van der Waals surface area contributed by atoms with Gasteiger partial charge in [0.25, 0.3) is 0 Å². The van der Waals surface area contributed by atoms with Crippen LogP contribution in [0.5, 0.6) is 0 Å². The number of carbonyl (C=O) groups excluding carboxylic acids is 1. The van der Waals surface area contributed by atoms with Gasteiger partial charge in [-0.05, 0) is 50.4 Å². The summed E-state index contributed by atoms with van der Waals surface area (Å²) in [4.78, 5) is 14.5. The first-order chi connectivity index (χ1) is 8.99. The van der Waals surface area contributed by atoms with Gasteiger partial charge in [-0.3, -0.25) is 9.69 Å². The molecule has 1 fully saturated rings. The molecule has 1 aromatic rings. The molecule has 1 saturated heterocycles. The lowest BCUT2D eigenvalue weighted by Crippen LogP contribution is -2.44. The van der Waals surface area contributed by atoms with E-state index in [9.17, 15) is 4.79 Å². The minimum Gasteiger partial charge on any atom is -0.293 e. The Labute approximate surface area is 124 Å². The van der Waals surface area contributed by atoms with E-state index in [2.05, 4.69) is 18.7 Å². The van der Waals surface area contributed by atoms with Gasteiger partial charge in [0.2, 0.25) is 0 Å². The number of Topliss-reactive ketones (excluding diaryl/α,β-unsaturated/α-hetero) is 1. The molecule has 1 aliphatic rings. The summed E-state index contributed by atoms with van der Waals surface area (Å²) >= 11 is 11.8. The van der Waals surface area contributed by atoms with Gasteiger partial charge in [0, 0.05) is 11.6 Å². The van der Waals surface area contributed by atoms with Gasteiger partial charge in [-0.15, -0.1) is 0 Å². The van der Waals surface area contributed by atoms with Crippen LogP contribution in [0.4, 0.5) is 0 Å². The lowest BCUT2D eigenvalue weighted by Gasteiger charge is -2.37. The van der Waals surface area contributed by atoms with E-state index in [4.69, 9.17) is 23.2 Å². The Morgan fingerprint density at radius 1 is 1.32 bits per heavy atom.